The van der Waals surface area contributed by atoms with Crippen molar-refractivity contribution in [3.63, 3.8) is 0 Å². The zero-order valence-electron chi connectivity index (χ0n) is 13.1. The number of hydrogen-bond donors (Lipinski definition) is 0. The number of likely N-dealkylation sites (tertiary alicyclic amines) is 1. The fourth-order valence-corrected chi connectivity index (χ4v) is 2.69. The molecule has 2 atom stereocenters. The minimum atomic E-state index is -0.166. The summed E-state index contributed by atoms with van der Waals surface area (Å²) in [5.74, 6) is 1.12. The van der Waals surface area contributed by atoms with E-state index in [9.17, 15) is 4.79 Å². The minimum Gasteiger partial charge on any atom is -0.490 e. The summed E-state index contributed by atoms with van der Waals surface area (Å²) in [6.07, 6.45) is 4.05. The van der Waals surface area contributed by atoms with Crippen LogP contribution in [-0.2, 0) is 4.74 Å². The molecule has 1 saturated heterocycles. The lowest BCUT2D eigenvalue weighted by Gasteiger charge is -2.23. The Kier molecular flexibility index (Phi) is 4.57. The molecule has 7 heteroatoms. The zero-order valence-corrected chi connectivity index (χ0v) is 13.1. The molecule has 122 valence electrons. The van der Waals surface area contributed by atoms with Crippen molar-refractivity contribution in [2.45, 2.75) is 25.5 Å². The van der Waals surface area contributed by atoms with Crippen LogP contribution in [0.2, 0.25) is 0 Å². The number of aryl methyl sites for hydroxylation is 1. The molecule has 0 bridgehead atoms. The van der Waals surface area contributed by atoms with Crippen LogP contribution >= 0.6 is 0 Å². The summed E-state index contributed by atoms with van der Waals surface area (Å²) in [6, 6.07) is 5.21. The smallest absolute Gasteiger partial charge is 0.276 e. The average Bonchev–Trinajstić information content (AvgIpc) is 3.19. The van der Waals surface area contributed by atoms with E-state index in [4.69, 9.17) is 14.0 Å². The topological polar surface area (TPSA) is 77.7 Å². The number of rotatable bonds is 5. The molecule has 1 aliphatic rings. The van der Waals surface area contributed by atoms with E-state index in [1.807, 2.05) is 12.1 Å². The van der Waals surface area contributed by atoms with Gasteiger partial charge in [-0.3, -0.25) is 9.78 Å². The molecular formula is C16H19N3O4. The quantitative estimate of drug-likeness (QED) is 0.835. The number of hydrogen-bond acceptors (Lipinski definition) is 6. The summed E-state index contributed by atoms with van der Waals surface area (Å²) in [4.78, 5) is 18.4. The standard InChI is InChI=1S/C16H19N3O4/c1-11-6-15(18-23-11)16(20)19-9-14(21-2)7-12(19)10-22-13-4-3-5-17-8-13/h3-6,8,12,14H,7,9-10H2,1-2H3/t12-,14+/m0/s1. The lowest BCUT2D eigenvalue weighted by Crippen LogP contribution is -2.39. The number of methoxy groups -OCH3 is 1. The van der Waals surface area contributed by atoms with Gasteiger partial charge in [0.2, 0.25) is 0 Å². The van der Waals surface area contributed by atoms with Crippen LogP contribution < -0.4 is 4.74 Å². The van der Waals surface area contributed by atoms with Crippen molar-refractivity contribution in [2.75, 3.05) is 20.3 Å². The molecule has 1 fully saturated rings. The fraction of sp³-hybridized carbons (Fsp3) is 0.438. The molecule has 2 aromatic rings. The first-order valence-electron chi connectivity index (χ1n) is 7.47. The van der Waals surface area contributed by atoms with Crippen LogP contribution in [0, 0.1) is 6.92 Å². The van der Waals surface area contributed by atoms with Gasteiger partial charge < -0.3 is 18.9 Å². The average molecular weight is 317 g/mol. The summed E-state index contributed by atoms with van der Waals surface area (Å²) in [7, 11) is 1.65. The Hall–Kier alpha value is -2.41. The number of pyridine rings is 1. The Bertz CT molecular complexity index is 658. The number of carbonyl (C=O) groups is 1. The molecule has 1 amide bonds. The van der Waals surface area contributed by atoms with E-state index < -0.39 is 0 Å². The van der Waals surface area contributed by atoms with Crippen molar-refractivity contribution in [3.8, 4) is 5.75 Å². The van der Waals surface area contributed by atoms with Crippen molar-refractivity contribution in [1.29, 1.82) is 0 Å². The summed E-state index contributed by atoms with van der Waals surface area (Å²) in [6.45, 7) is 2.66. The number of aromatic nitrogens is 2. The molecule has 0 spiro atoms. The van der Waals surface area contributed by atoms with E-state index in [-0.39, 0.29) is 18.1 Å². The molecule has 0 aliphatic carbocycles. The summed E-state index contributed by atoms with van der Waals surface area (Å²) < 4.78 is 16.2. The number of amides is 1. The molecule has 1 aliphatic heterocycles. The van der Waals surface area contributed by atoms with Gasteiger partial charge in [-0.1, -0.05) is 5.16 Å². The third kappa shape index (κ3) is 3.50. The number of nitrogens with zero attached hydrogens (tertiary/aromatic N) is 3. The van der Waals surface area contributed by atoms with E-state index >= 15 is 0 Å². The van der Waals surface area contributed by atoms with Crippen molar-refractivity contribution < 1.29 is 18.8 Å². The highest BCUT2D eigenvalue weighted by atomic mass is 16.5. The molecule has 3 heterocycles. The Morgan fingerprint density at radius 2 is 2.39 bits per heavy atom. The Morgan fingerprint density at radius 1 is 1.52 bits per heavy atom. The second-order valence-corrected chi connectivity index (χ2v) is 5.53. The van der Waals surface area contributed by atoms with Crippen LogP contribution in [0.15, 0.2) is 35.1 Å². The summed E-state index contributed by atoms with van der Waals surface area (Å²) in [5.41, 5.74) is 0.311. The molecule has 0 radical (unpaired) electrons. The first-order chi connectivity index (χ1) is 11.2. The highest BCUT2D eigenvalue weighted by Gasteiger charge is 2.37. The van der Waals surface area contributed by atoms with Crippen LogP contribution in [0.25, 0.3) is 0 Å². The van der Waals surface area contributed by atoms with Gasteiger partial charge in [0.05, 0.1) is 18.3 Å². The van der Waals surface area contributed by atoms with Gasteiger partial charge in [0.1, 0.15) is 18.1 Å². The molecule has 3 rings (SSSR count). The highest BCUT2D eigenvalue weighted by Crippen LogP contribution is 2.23. The molecule has 0 unspecified atom stereocenters. The van der Waals surface area contributed by atoms with E-state index in [0.29, 0.717) is 30.4 Å². The summed E-state index contributed by atoms with van der Waals surface area (Å²) >= 11 is 0. The Labute approximate surface area is 134 Å². The van der Waals surface area contributed by atoms with Gasteiger partial charge in [0.25, 0.3) is 5.91 Å². The van der Waals surface area contributed by atoms with Gasteiger partial charge in [-0.25, -0.2) is 0 Å². The Balaban J connectivity index is 1.70. The van der Waals surface area contributed by atoms with Gasteiger partial charge in [0, 0.05) is 25.9 Å². The maximum atomic E-state index is 12.6. The maximum Gasteiger partial charge on any atom is 0.276 e. The van der Waals surface area contributed by atoms with E-state index in [1.165, 1.54) is 0 Å². The minimum absolute atomic E-state index is 0.00514. The van der Waals surface area contributed by atoms with Crippen LogP contribution in [0.3, 0.4) is 0 Å². The zero-order chi connectivity index (χ0) is 16.2. The second-order valence-electron chi connectivity index (χ2n) is 5.53. The third-order valence-electron chi connectivity index (χ3n) is 3.89. The molecule has 2 aromatic heterocycles. The van der Waals surface area contributed by atoms with E-state index in [0.717, 1.165) is 6.42 Å². The first-order valence-corrected chi connectivity index (χ1v) is 7.47. The molecular weight excluding hydrogens is 298 g/mol. The lowest BCUT2D eigenvalue weighted by atomic mass is 10.2. The van der Waals surface area contributed by atoms with Crippen LogP contribution in [0.1, 0.15) is 22.7 Å². The van der Waals surface area contributed by atoms with Gasteiger partial charge in [-0.05, 0) is 25.5 Å². The molecule has 23 heavy (non-hydrogen) atoms. The van der Waals surface area contributed by atoms with Crippen LogP contribution in [0.4, 0.5) is 0 Å². The monoisotopic (exact) mass is 317 g/mol. The third-order valence-corrected chi connectivity index (χ3v) is 3.89. The van der Waals surface area contributed by atoms with Crippen LogP contribution in [-0.4, -0.2) is 53.4 Å². The van der Waals surface area contributed by atoms with Gasteiger partial charge in [-0.15, -0.1) is 0 Å². The Morgan fingerprint density at radius 3 is 3.04 bits per heavy atom. The van der Waals surface area contributed by atoms with E-state index in [1.54, 1.807) is 37.4 Å². The first kappa shape index (κ1) is 15.5. The predicted molar refractivity (Wildman–Crippen MR) is 81.2 cm³/mol. The van der Waals surface area contributed by atoms with Crippen molar-refractivity contribution in [3.05, 3.63) is 42.0 Å². The lowest BCUT2D eigenvalue weighted by molar-refractivity contribution is 0.0648. The molecule has 0 N–H and O–H groups in total. The fourth-order valence-electron chi connectivity index (χ4n) is 2.69. The van der Waals surface area contributed by atoms with Crippen molar-refractivity contribution in [1.82, 2.24) is 15.0 Å². The van der Waals surface area contributed by atoms with Gasteiger partial charge in [0.15, 0.2) is 5.69 Å². The van der Waals surface area contributed by atoms with Crippen molar-refractivity contribution in [2.24, 2.45) is 0 Å². The van der Waals surface area contributed by atoms with Gasteiger partial charge >= 0.3 is 0 Å². The number of carbonyl (C=O) groups excluding carboxylic acids is 1. The molecule has 0 aromatic carbocycles. The highest BCUT2D eigenvalue weighted by molar-refractivity contribution is 5.92. The molecule has 7 nitrogen and oxygen atoms in total. The number of ether oxygens (including phenoxy) is 2. The normalized spacial score (nSPS) is 20.7. The van der Waals surface area contributed by atoms with Gasteiger partial charge in [-0.2, -0.15) is 0 Å². The largest absolute Gasteiger partial charge is 0.490 e. The van der Waals surface area contributed by atoms with E-state index in [2.05, 4.69) is 10.1 Å². The second kappa shape index (κ2) is 6.78. The molecule has 0 saturated carbocycles. The van der Waals surface area contributed by atoms with Crippen LogP contribution in [0.5, 0.6) is 5.75 Å². The van der Waals surface area contributed by atoms with Crippen molar-refractivity contribution >= 4 is 5.91 Å². The summed E-state index contributed by atoms with van der Waals surface area (Å²) in [5, 5.41) is 3.81. The predicted octanol–water partition coefficient (Wildman–Crippen LogP) is 1.69. The SMILES string of the molecule is CO[C@@H]1C[C@@H](COc2cccnc2)N(C(=O)c2cc(C)on2)C1. The maximum absolute atomic E-state index is 12.6.